The number of nitrogens with one attached hydrogen (secondary N) is 3. The number of anilines is 3. The zero-order valence-corrected chi connectivity index (χ0v) is 19.7. The Morgan fingerprint density at radius 1 is 1.35 bits per heavy atom. The van der Waals surface area contributed by atoms with Crippen molar-refractivity contribution in [2.24, 2.45) is 0 Å². The SMILES string of the molecule is COc1cc2ncnc(Nc3ccc(F)c(Cl)c3)c2cc1NC(=O)/C=C/CN1CCNCC1C. The minimum Gasteiger partial charge on any atom is -0.494 e. The minimum absolute atomic E-state index is 0.0000181. The Morgan fingerprint density at radius 3 is 2.97 bits per heavy atom. The van der Waals surface area contributed by atoms with E-state index in [1.165, 1.54) is 31.6 Å². The fourth-order valence-electron chi connectivity index (χ4n) is 3.78. The summed E-state index contributed by atoms with van der Waals surface area (Å²) in [5, 5.41) is 10.0. The minimum atomic E-state index is -0.506. The highest BCUT2D eigenvalue weighted by atomic mass is 35.5. The second kappa shape index (κ2) is 10.8. The van der Waals surface area contributed by atoms with E-state index in [0.29, 0.717) is 46.4 Å². The first-order chi connectivity index (χ1) is 16.4. The van der Waals surface area contributed by atoms with E-state index in [1.807, 2.05) is 6.08 Å². The second-order valence-corrected chi connectivity index (χ2v) is 8.39. The predicted octanol–water partition coefficient (Wildman–Crippen LogP) is 3.96. The first kappa shape index (κ1) is 23.9. The molecule has 0 saturated carbocycles. The van der Waals surface area contributed by atoms with E-state index >= 15 is 0 Å². The molecular formula is C24H26ClFN6O2. The van der Waals surface area contributed by atoms with Crippen molar-refractivity contribution in [2.75, 3.05) is 43.9 Å². The number of hydrogen-bond acceptors (Lipinski definition) is 7. The van der Waals surface area contributed by atoms with Crippen LogP contribution in [0.5, 0.6) is 5.75 Å². The fraction of sp³-hybridized carbons (Fsp3) is 0.292. The standard InChI is InChI=1S/C24H26ClFN6O2/c1-15-13-27-7-9-32(15)8-3-4-23(33)31-21-11-17-20(12-22(21)34-2)28-14-29-24(17)30-16-5-6-19(26)18(25)10-16/h3-6,10-12,14-15,27H,7-9,13H2,1-2H3,(H,31,33)(H,28,29,30)/b4-3+. The van der Waals surface area contributed by atoms with Gasteiger partial charge in [-0.15, -0.1) is 0 Å². The third-order valence-corrected chi connectivity index (χ3v) is 5.93. The van der Waals surface area contributed by atoms with E-state index in [-0.39, 0.29) is 10.9 Å². The highest BCUT2D eigenvalue weighted by molar-refractivity contribution is 6.31. The van der Waals surface area contributed by atoms with Crippen molar-refractivity contribution in [3.05, 3.63) is 59.7 Å². The van der Waals surface area contributed by atoms with Crippen LogP contribution < -0.4 is 20.7 Å². The summed E-state index contributed by atoms with van der Waals surface area (Å²) in [7, 11) is 1.53. The molecule has 10 heteroatoms. The van der Waals surface area contributed by atoms with Crippen molar-refractivity contribution in [1.29, 1.82) is 0 Å². The number of amides is 1. The van der Waals surface area contributed by atoms with E-state index < -0.39 is 5.82 Å². The van der Waals surface area contributed by atoms with Crippen LogP contribution in [0, 0.1) is 5.82 Å². The van der Waals surface area contributed by atoms with Crippen molar-refractivity contribution in [3.8, 4) is 5.75 Å². The molecule has 2 aromatic carbocycles. The highest BCUT2D eigenvalue weighted by Gasteiger charge is 2.16. The molecule has 4 rings (SSSR count). The van der Waals surface area contributed by atoms with Gasteiger partial charge in [-0.25, -0.2) is 14.4 Å². The molecule has 1 amide bonds. The largest absolute Gasteiger partial charge is 0.494 e. The van der Waals surface area contributed by atoms with Gasteiger partial charge in [-0.2, -0.15) is 0 Å². The molecular weight excluding hydrogens is 459 g/mol. The lowest BCUT2D eigenvalue weighted by Crippen LogP contribution is -2.49. The molecule has 0 bridgehead atoms. The van der Waals surface area contributed by atoms with Crippen LogP contribution in [-0.2, 0) is 4.79 Å². The Bertz CT molecular complexity index is 1220. The Morgan fingerprint density at radius 2 is 2.21 bits per heavy atom. The maximum atomic E-state index is 13.5. The van der Waals surface area contributed by atoms with Gasteiger partial charge in [0.1, 0.15) is 23.7 Å². The first-order valence-electron chi connectivity index (χ1n) is 10.9. The molecule has 0 aliphatic carbocycles. The van der Waals surface area contributed by atoms with Crippen LogP contribution in [0.2, 0.25) is 5.02 Å². The van der Waals surface area contributed by atoms with Gasteiger partial charge in [-0.1, -0.05) is 17.7 Å². The van der Waals surface area contributed by atoms with E-state index in [9.17, 15) is 9.18 Å². The number of nitrogens with zero attached hydrogens (tertiary/aromatic N) is 3. The summed E-state index contributed by atoms with van der Waals surface area (Å²) >= 11 is 5.90. The Balaban J connectivity index is 1.54. The lowest BCUT2D eigenvalue weighted by molar-refractivity contribution is -0.111. The molecule has 1 aliphatic heterocycles. The lowest BCUT2D eigenvalue weighted by Gasteiger charge is -2.32. The lowest BCUT2D eigenvalue weighted by atomic mass is 10.1. The summed E-state index contributed by atoms with van der Waals surface area (Å²) in [6, 6.07) is 8.19. The van der Waals surface area contributed by atoms with Crippen molar-refractivity contribution >= 4 is 45.6 Å². The fourth-order valence-corrected chi connectivity index (χ4v) is 3.97. The highest BCUT2D eigenvalue weighted by Crippen LogP contribution is 2.33. The van der Waals surface area contributed by atoms with Gasteiger partial charge in [0.05, 0.1) is 23.3 Å². The zero-order valence-electron chi connectivity index (χ0n) is 18.9. The second-order valence-electron chi connectivity index (χ2n) is 7.99. The van der Waals surface area contributed by atoms with Crippen molar-refractivity contribution in [3.63, 3.8) is 0 Å². The summed E-state index contributed by atoms with van der Waals surface area (Å²) < 4.78 is 19.0. The third-order valence-electron chi connectivity index (χ3n) is 5.64. The van der Waals surface area contributed by atoms with Gasteiger partial charge in [-0.05, 0) is 31.2 Å². The van der Waals surface area contributed by atoms with E-state index in [1.54, 1.807) is 18.2 Å². The number of benzene rings is 2. The number of carbonyl (C=O) groups is 1. The summed E-state index contributed by atoms with van der Waals surface area (Å²) in [6.07, 6.45) is 4.80. The summed E-state index contributed by atoms with van der Waals surface area (Å²) in [6.45, 7) is 5.69. The van der Waals surface area contributed by atoms with E-state index in [2.05, 4.69) is 37.7 Å². The number of fused-ring (bicyclic) bond motifs is 1. The average Bonchev–Trinajstić information content (AvgIpc) is 2.82. The molecule has 2 heterocycles. The molecule has 1 fully saturated rings. The molecule has 1 aromatic heterocycles. The van der Waals surface area contributed by atoms with Gasteiger partial charge in [0, 0.05) is 55.4 Å². The third kappa shape index (κ3) is 5.61. The number of halogens is 2. The molecule has 3 N–H and O–H groups in total. The molecule has 0 radical (unpaired) electrons. The van der Waals surface area contributed by atoms with Crippen LogP contribution in [0.3, 0.4) is 0 Å². The molecule has 1 atom stereocenters. The summed E-state index contributed by atoms with van der Waals surface area (Å²) in [5.41, 5.74) is 1.66. The molecule has 1 unspecified atom stereocenters. The number of piperazine rings is 1. The quantitative estimate of drug-likeness (QED) is 0.437. The monoisotopic (exact) mass is 484 g/mol. The van der Waals surface area contributed by atoms with Gasteiger partial charge in [0.2, 0.25) is 5.91 Å². The van der Waals surface area contributed by atoms with Crippen LogP contribution in [0.15, 0.2) is 48.8 Å². The predicted molar refractivity (Wildman–Crippen MR) is 132 cm³/mol. The van der Waals surface area contributed by atoms with E-state index in [4.69, 9.17) is 16.3 Å². The van der Waals surface area contributed by atoms with E-state index in [0.717, 1.165) is 19.6 Å². The number of hydrogen-bond donors (Lipinski definition) is 3. The molecule has 0 spiro atoms. The van der Waals surface area contributed by atoms with Crippen LogP contribution in [0.4, 0.5) is 21.6 Å². The number of carbonyl (C=O) groups excluding carboxylic acids is 1. The molecule has 1 aliphatic rings. The molecule has 34 heavy (non-hydrogen) atoms. The van der Waals surface area contributed by atoms with Gasteiger partial charge in [0.15, 0.2) is 0 Å². The molecule has 8 nitrogen and oxygen atoms in total. The van der Waals surface area contributed by atoms with Crippen molar-refractivity contribution in [1.82, 2.24) is 20.2 Å². The van der Waals surface area contributed by atoms with Gasteiger partial charge < -0.3 is 20.7 Å². The van der Waals surface area contributed by atoms with Gasteiger partial charge in [0.25, 0.3) is 0 Å². The number of methoxy groups -OCH3 is 1. The Hall–Kier alpha value is -3.27. The molecule has 178 valence electrons. The molecule has 1 saturated heterocycles. The summed E-state index contributed by atoms with van der Waals surface area (Å²) in [4.78, 5) is 23.5. The number of ether oxygens (including phenoxy) is 1. The zero-order chi connectivity index (χ0) is 24.1. The van der Waals surface area contributed by atoms with Crippen LogP contribution >= 0.6 is 11.6 Å². The maximum Gasteiger partial charge on any atom is 0.248 e. The Kier molecular flexibility index (Phi) is 7.56. The van der Waals surface area contributed by atoms with Gasteiger partial charge in [-0.3, -0.25) is 9.69 Å². The Labute approximate surface area is 202 Å². The van der Waals surface area contributed by atoms with Crippen molar-refractivity contribution in [2.45, 2.75) is 13.0 Å². The maximum absolute atomic E-state index is 13.5. The normalized spacial score (nSPS) is 16.6. The average molecular weight is 485 g/mol. The number of rotatable bonds is 7. The topological polar surface area (TPSA) is 91.4 Å². The summed E-state index contributed by atoms with van der Waals surface area (Å²) in [5.74, 6) is 0.180. The van der Waals surface area contributed by atoms with Crippen LogP contribution in [0.25, 0.3) is 10.9 Å². The number of aromatic nitrogens is 2. The van der Waals surface area contributed by atoms with Crippen molar-refractivity contribution < 1.29 is 13.9 Å². The molecule has 3 aromatic rings. The van der Waals surface area contributed by atoms with Crippen LogP contribution in [0.1, 0.15) is 6.92 Å². The first-order valence-corrected chi connectivity index (χ1v) is 11.3. The smallest absolute Gasteiger partial charge is 0.248 e. The van der Waals surface area contributed by atoms with Crippen LogP contribution in [-0.4, -0.2) is 60.1 Å². The van der Waals surface area contributed by atoms with Gasteiger partial charge >= 0.3 is 0 Å².